The first-order valence-electron chi connectivity index (χ1n) is 7.23. The van der Waals surface area contributed by atoms with Crippen molar-refractivity contribution in [2.75, 3.05) is 13.7 Å². The summed E-state index contributed by atoms with van der Waals surface area (Å²) in [6, 6.07) is 3.29. The molecule has 0 heterocycles. The molecule has 2 rings (SSSR count). The largest absolute Gasteiger partial charge is 0.496 e. The van der Waals surface area contributed by atoms with Crippen molar-refractivity contribution in [3.05, 3.63) is 23.3 Å². The molecule has 1 aromatic rings. The highest BCUT2D eigenvalue weighted by Gasteiger charge is 2.37. The van der Waals surface area contributed by atoms with Gasteiger partial charge in [0.05, 0.1) is 12.0 Å². The second kappa shape index (κ2) is 7.17. The highest BCUT2D eigenvalue weighted by molar-refractivity contribution is 7.89. The quantitative estimate of drug-likeness (QED) is 0.855. The fourth-order valence-corrected chi connectivity index (χ4v) is 4.77. The van der Waals surface area contributed by atoms with E-state index < -0.39 is 15.6 Å². The number of hydrogen-bond acceptors (Lipinski definition) is 4. The molecule has 0 radical (unpaired) electrons. The number of nitrogens with two attached hydrogens (primary N) is 1. The van der Waals surface area contributed by atoms with Crippen molar-refractivity contribution in [3.63, 3.8) is 0 Å². The maximum atomic E-state index is 12.6. The molecule has 3 N–H and O–H groups in total. The summed E-state index contributed by atoms with van der Waals surface area (Å²) in [7, 11) is -1.98. The molecular formula is C15H25ClN2O3S. The molecule has 0 atom stereocenters. The lowest BCUT2D eigenvalue weighted by atomic mass is 10.0. The van der Waals surface area contributed by atoms with Crippen molar-refractivity contribution < 1.29 is 13.2 Å². The Morgan fingerprint density at radius 3 is 2.14 bits per heavy atom. The molecule has 1 fully saturated rings. The molecule has 1 aromatic carbocycles. The van der Waals surface area contributed by atoms with Crippen LogP contribution in [0.15, 0.2) is 17.0 Å². The number of ether oxygens (including phenoxy) is 1. The van der Waals surface area contributed by atoms with Gasteiger partial charge in [0, 0.05) is 12.1 Å². The first-order valence-corrected chi connectivity index (χ1v) is 8.71. The minimum absolute atomic E-state index is 0. The molecule has 0 spiro atoms. The minimum Gasteiger partial charge on any atom is -0.496 e. The number of methoxy groups -OCH3 is 1. The van der Waals surface area contributed by atoms with Gasteiger partial charge in [-0.3, -0.25) is 0 Å². The normalized spacial score (nSPS) is 17.1. The molecule has 0 unspecified atom stereocenters. The van der Waals surface area contributed by atoms with Crippen molar-refractivity contribution in [1.29, 1.82) is 0 Å². The Labute approximate surface area is 139 Å². The third-order valence-electron chi connectivity index (χ3n) is 4.25. The van der Waals surface area contributed by atoms with E-state index in [1.165, 1.54) is 0 Å². The van der Waals surface area contributed by atoms with Crippen LogP contribution in [-0.4, -0.2) is 27.6 Å². The van der Waals surface area contributed by atoms with Crippen molar-refractivity contribution in [3.8, 4) is 5.75 Å². The maximum Gasteiger partial charge on any atom is 0.241 e. The van der Waals surface area contributed by atoms with Crippen LogP contribution in [0.3, 0.4) is 0 Å². The van der Waals surface area contributed by atoms with E-state index in [4.69, 9.17) is 10.5 Å². The van der Waals surface area contributed by atoms with Crippen LogP contribution >= 0.6 is 12.4 Å². The van der Waals surface area contributed by atoms with Gasteiger partial charge in [0.1, 0.15) is 5.75 Å². The Balaban J connectivity index is 0.00000242. The number of benzene rings is 1. The molecule has 0 saturated heterocycles. The Hall–Kier alpha value is -0.820. The minimum atomic E-state index is -3.57. The third kappa shape index (κ3) is 3.74. The van der Waals surface area contributed by atoms with E-state index in [-0.39, 0.29) is 17.3 Å². The Bertz CT molecular complexity index is 603. The van der Waals surface area contributed by atoms with Crippen molar-refractivity contribution >= 4 is 22.4 Å². The molecule has 126 valence electrons. The van der Waals surface area contributed by atoms with E-state index in [1.54, 1.807) is 19.2 Å². The highest BCUT2D eigenvalue weighted by atomic mass is 35.5. The standard InChI is InChI=1S/C15H24N2O3S.ClH/c1-11-8-13(9-12(2)14(11)20-3)21(18,19)17-15(10-16)6-4-5-7-15;/h8-9,17H,4-7,10,16H2,1-3H3;1H. The topological polar surface area (TPSA) is 81.4 Å². The maximum absolute atomic E-state index is 12.6. The summed E-state index contributed by atoms with van der Waals surface area (Å²) in [6.07, 6.45) is 3.63. The summed E-state index contributed by atoms with van der Waals surface area (Å²) in [6.45, 7) is 4.03. The summed E-state index contributed by atoms with van der Waals surface area (Å²) in [5.74, 6) is 0.725. The molecule has 7 heteroatoms. The van der Waals surface area contributed by atoms with E-state index in [0.29, 0.717) is 6.54 Å². The lowest BCUT2D eigenvalue weighted by Crippen LogP contribution is -2.51. The Kier molecular flexibility index (Phi) is 6.27. The zero-order valence-electron chi connectivity index (χ0n) is 13.3. The summed E-state index contributed by atoms with van der Waals surface area (Å²) in [4.78, 5) is 0.276. The number of rotatable bonds is 5. The lowest BCUT2D eigenvalue weighted by Gasteiger charge is -2.28. The van der Waals surface area contributed by atoms with Crippen molar-refractivity contribution in [2.45, 2.75) is 50.0 Å². The van der Waals surface area contributed by atoms with Gasteiger partial charge < -0.3 is 10.5 Å². The van der Waals surface area contributed by atoms with Crippen LogP contribution in [0.4, 0.5) is 0 Å². The molecule has 0 aromatic heterocycles. The van der Waals surface area contributed by atoms with Gasteiger partial charge in [0.2, 0.25) is 10.0 Å². The number of nitrogens with one attached hydrogen (secondary N) is 1. The van der Waals surface area contributed by atoms with Gasteiger partial charge in [-0.1, -0.05) is 12.8 Å². The lowest BCUT2D eigenvalue weighted by molar-refractivity contribution is 0.399. The fraction of sp³-hybridized carbons (Fsp3) is 0.600. The fourth-order valence-electron chi connectivity index (χ4n) is 3.13. The third-order valence-corrected chi connectivity index (χ3v) is 5.81. The van der Waals surface area contributed by atoms with Crippen LogP contribution in [0.25, 0.3) is 0 Å². The van der Waals surface area contributed by atoms with Crippen LogP contribution < -0.4 is 15.2 Å². The monoisotopic (exact) mass is 348 g/mol. The van der Waals surface area contributed by atoms with Crippen molar-refractivity contribution in [1.82, 2.24) is 4.72 Å². The van der Waals surface area contributed by atoms with E-state index in [9.17, 15) is 8.42 Å². The van der Waals surface area contributed by atoms with Crippen LogP contribution in [0, 0.1) is 13.8 Å². The van der Waals surface area contributed by atoms with Gasteiger partial charge in [0.15, 0.2) is 0 Å². The summed E-state index contributed by atoms with van der Waals surface area (Å²) in [5.41, 5.74) is 6.95. The average Bonchev–Trinajstić information content (AvgIpc) is 2.87. The van der Waals surface area contributed by atoms with Crippen LogP contribution in [0.1, 0.15) is 36.8 Å². The van der Waals surface area contributed by atoms with Crippen LogP contribution in [-0.2, 0) is 10.0 Å². The molecule has 5 nitrogen and oxygen atoms in total. The molecule has 1 aliphatic rings. The first kappa shape index (κ1) is 19.2. The smallest absolute Gasteiger partial charge is 0.241 e. The van der Waals surface area contributed by atoms with Gasteiger partial charge in [-0.15, -0.1) is 12.4 Å². The van der Waals surface area contributed by atoms with Gasteiger partial charge in [-0.25, -0.2) is 13.1 Å². The first-order chi connectivity index (χ1) is 9.83. The second-order valence-corrected chi connectivity index (χ2v) is 7.57. The molecule has 0 bridgehead atoms. The van der Waals surface area contributed by atoms with Gasteiger partial charge in [-0.05, 0) is 49.9 Å². The number of aryl methyl sites for hydroxylation is 2. The Morgan fingerprint density at radius 1 is 1.23 bits per heavy atom. The number of hydrogen-bond donors (Lipinski definition) is 2. The van der Waals surface area contributed by atoms with E-state index in [1.807, 2.05) is 13.8 Å². The van der Waals surface area contributed by atoms with Gasteiger partial charge >= 0.3 is 0 Å². The zero-order chi connectivity index (χ0) is 15.7. The van der Waals surface area contributed by atoms with Gasteiger partial charge in [0.25, 0.3) is 0 Å². The molecular weight excluding hydrogens is 324 g/mol. The van der Waals surface area contributed by atoms with Crippen LogP contribution in [0.2, 0.25) is 0 Å². The van der Waals surface area contributed by atoms with E-state index in [0.717, 1.165) is 42.6 Å². The van der Waals surface area contributed by atoms with Crippen molar-refractivity contribution in [2.24, 2.45) is 5.73 Å². The number of sulfonamides is 1. The van der Waals surface area contributed by atoms with Crippen LogP contribution in [0.5, 0.6) is 5.75 Å². The molecule has 0 aliphatic heterocycles. The predicted octanol–water partition coefficient (Wildman–Crippen LogP) is 2.28. The second-order valence-electron chi connectivity index (χ2n) is 5.89. The van der Waals surface area contributed by atoms with E-state index >= 15 is 0 Å². The molecule has 1 aliphatic carbocycles. The summed E-state index contributed by atoms with van der Waals surface area (Å²) >= 11 is 0. The highest BCUT2D eigenvalue weighted by Crippen LogP contribution is 2.32. The summed E-state index contributed by atoms with van der Waals surface area (Å²) < 4.78 is 33.4. The van der Waals surface area contributed by atoms with E-state index in [2.05, 4.69) is 4.72 Å². The zero-order valence-corrected chi connectivity index (χ0v) is 14.9. The molecule has 0 amide bonds. The Morgan fingerprint density at radius 2 is 1.73 bits per heavy atom. The average molecular weight is 349 g/mol. The summed E-state index contributed by atoms with van der Waals surface area (Å²) in [5, 5.41) is 0. The number of halogens is 1. The van der Waals surface area contributed by atoms with Gasteiger partial charge in [-0.2, -0.15) is 0 Å². The molecule has 1 saturated carbocycles. The SMILES string of the molecule is COc1c(C)cc(S(=O)(=O)NC2(CN)CCCC2)cc1C.Cl. The molecule has 22 heavy (non-hydrogen) atoms. The predicted molar refractivity (Wildman–Crippen MR) is 90.3 cm³/mol.